The molecule has 0 radical (unpaired) electrons. The molecular formula is C12H20N4. The third-order valence-electron chi connectivity index (χ3n) is 3.15. The maximum Gasteiger partial charge on any atom is 0.144 e. The van der Waals surface area contributed by atoms with Gasteiger partial charge in [0.2, 0.25) is 0 Å². The predicted octanol–water partition coefficient (Wildman–Crippen LogP) is 1.46. The molecule has 1 heterocycles. The van der Waals surface area contributed by atoms with Gasteiger partial charge in [0, 0.05) is 18.3 Å². The van der Waals surface area contributed by atoms with E-state index in [2.05, 4.69) is 28.8 Å². The van der Waals surface area contributed by atoms with Crippen molar-refractivity contribution in [2.24, 2.45) is 11.8 Å². The first-order valence-corrected chi connectivity index (χ1v) is 5.83. The SMILES string of the molecule is Cc1cc(N)nc(CN(C)CC2CC2C)n1. The average molecular weight is 220 g/mol. The minimum atomic E-state index is 0.565. The first-order valence-electron chi connectivity index (χ1n) is 5.83. The van der Waals surface area contributed by atoms with Crippen molar-refractivity contribution in [3.63, 3.8) is 0 Å². The van der Waals surface area contributed by atoms with Crippen LogP contribution >= 0.6 is 0 Å². The highest BCUT2D eigenvalue weighted by Crippen LogP contribution is 2.38. The quantitative estimate of drug-likeness (QED) is 0.834. The Balaban J connectivity index is 1.92. The van der Waals surface area contributed by atoms with Gasteiger partial charge < -0.3 is 5.73 Å². The zero-order valence-electron chi connectivity index (χ0n) is 10.3. The Labute approximate surface area is 96.9 Å². The lowest BCUT2D eigenvalue weighted by atomic mass is 10.3. The van der Waals surface area contributed by atoms with Crippen LogP contribution in [0.15, 0.2) is 6.07 Å². The summed E-state index contributed by atoms with van der Waals surface area (Å²) >= 11 is 0. The van der Waals surface area contributed by atoms with Crippen molar-refractivity contribution in [1.29, 1.82) is 0 Å². The Kier molecular flexibility index (Phi) is 3.10. The lowest BCUT2D eigenvalue weighted by molar-refractivity contribution is 0.300. The second-order valence-corrected chi connectivity index (χ2v) is 5.02. The van der Waals surface area contributed by atoms with Crippen molar-refractivity contribution in [2.45, 2.75) is 26.8 Å². The van der Waals surface area contributed by atoms with E-state index in [0.29, 0.717) is 5.82 Å². The van der Waals surface area contributed by atoms with Crippen molar-refractivity contribution in [3.05, 3.63) is 17.6 Å². The topological polar surface area (TPSA) is 55.0 Å². The highest BCUT2D eigenvalue weighted by molar-refractivity contribution is 5.29. The number of anilines is 1. The van der Waals surface area contributed by atoms with Crippen molar-refractivity contribution >= 4 is 5.82 Å². The van der Waals surface area contributed by atoms with Gasteiger partial charge in [0.25, 0.3) is 0 Å². The number of hydrogen-bond donors (Lipinski definition) is 1. The van der Waals surface area contributed by atoms with Gasteiger partial charge in [-0.3, -0.25) is 4.90 Å². The fraction of sp³-hybridized carbons (Fsp3) is 0.667. The van der Waals surface area contributed by atoms with Crippen molar-refractivity contribution in [2.75, 3.05) is 19.3 Å². The molecule has 16 heavy (non-hydrogen) atoms. The molecule has 1 aromatic heterocycles. The van der Waals surface area contributed by atoms with Crippen LogP contribution in [0, 0.1) is 18.8 Å². The Morgan fingerprint density at radius 2 is 2.19 bits per heavy atom. The van der Waals surface area contributed by atoms with E-state index in [4.69, 9.17) is 5.73 Å². The summed E-state index contributed by atoms with van der Waals surface area (Å²) in [7, 11) is 2.12. The van der Waals surface area contributed by atoms with E-state index in [9.17, 15) is 0 Å². The molecule has 0 spiro atoms. The molecule has 1 aromatic rings. The summed E-state index contributed by atoms with van der Waals surface area (Å²) in [5, 5.41) is 0. The first kappa shape index (κ1) is 11.3. The normalized spacial score (nSPS) is 23.8. The second-order valence-electron chi connectivity index (χ2n) is 5.02. The summed E-state index contributed by atoms with van der Waals surface area (Å²) in [6.45, 7) is 6.18. The van der Waals surface area contributed by atoms with Crippen LogP contribution in [0.3, 0.4) is 0 Å². The number of hydrogen-bond acceptors (Lipinski definition) is 4. The Morgan fingerprint density at radius 3 is 2.75 bits per heavy atom. The predicted molar refractivity (Wildman–Crippen MR) is 64.8 cm³/mol. The largest absolute Gasteiger partial charge is 0.384 e. The van der Waals surface area contributed by atoms with E-state index in [1.807, 2.05) is 6.92 Å². The summed E-state index contributed by atoms with van der Waals surface area (Å²) in [5.41, 5.74) is 6.64. The fourth-order valence-electron chi connectivity index (χ4n) is 2.09. The summed E-state index contributed by atoms with van der Waals surface area (Å²) in [6, 6.07) is 1.80. The molecule has 4 nitrogen and oxygen atoms in total. The maximum atomic E-state index is 5.70. The molecular weight excluding hydrogens is 200 g/mol. The Morgan fingerprint density at radius 1 is 1.50 bits per heavy atom. The van der Waals surface area contributed by atoms with Crippen LogP contribution in [-0.4, -0.2) is 28.5 Å². The van der Waals surface area contributed by atoms with E-state index in [1.165, 1.54) is 6.42 Å². The van der Waals surface area contributed by atoms with Gasteiger partial charge in [0.05, 0.1) is 6.54 Å². The third-order valence-corrected chi connectivity index (χ3v) is 3.15. The molecule has 1 aliphatic rings. The van der Waals surface area contributed by atoms with Gasteiger partial charge in [-0.1, -0.05) is 6.92 Å². The highest BCUT2D eigenvalue weighted by atomic mass is 15.1. The van der Waals surface area contributed by atoms with E-state index < -0.39 is 0 Å². The number of nitrogens with two attached hydrogens (primary N) is 1. The molecule has 0 saturated heterocycles. The van der Waals surface area contributed by atoms with E-state index in [1.54, 1.807) is 6.07 Å². The zero-order valence-corrected chi connectivity index (χ0v) is 10.3. The second kappa shape index (κ2) is 4.37. The minimum Gasteiger partial charge on any atom is -0.384 e. The number of aromatic nitrogens is 2. The summed E-state index contributed by atoms with van der Waals surface area (Å²) in [5.74, 6) is 3.15. The van der Waals surface area contributed by atoms with Gasteiger partial charge in [-0.25, -0.2) is 9.97 Å². The fourth-order valence-corrected chi connectivity index (χ4v) is 2.09. The molecule has 0 bridgehead atoms. The molecule has 2 unspecified atom stereocenters. The number of nitrogens with zero attached hydrogens (tertiary/aromatic N) is 3. The van der Waals surface area contributed by atoms with Crippen LogP contribution in [0.4, 0.5) is 5.82 Å². The molecule has 1 aliphatic carbocycles. The molecule has 0 aliphatic heterocycles. The summed E-state index contributed by atoms with van der Waals surface area (Å²) in [6.07, 6.45) is 1.36. The van der Waals surface area contributed by atoms with Gasteiger partial charge >= 0.3 is 0 Å². The minimum absolute atomic E-state index is 0.565. The number of nitrogen functional groups attached to an aromatic ring is 1. The summed E-state index contributed by atoms with van der Waals surface area (Å²) < 4.78 is 0. The molecule has 1 saturated carbocycles. The number of aryl methyl sites for hydroxylation is 1. The van der Waals surface area contributed by atoms with Crippen molar-refractivity contribution in [3.8, 4) is 0 Å². The molecule has 1 fully saturated rings. The Bertz CT molecular complexity index is 357. The van der Waals surface area contributed by atoms with Crippen molar-refractivity contribution in [1.82, 2.24) is 14.9 Å². The lowest BCUT2D eigenvalue weighted by Crippen LogP contribution is -2.22. The van der Waals surface area contributed by atoms with Crippen LogP contribution < -0.4 is 5.73 Å². The van der Waals surface area contributed by atoms with E-state index >= 15 is 0 Å². The van der Waals surface area contributed by atoms with Gasteiger partial charge in [0.1, 0.15) is 11.6 Å². The van der Waals surface area contributed by atoms with Crippen LogP contribution in [0.25, 0.3) is 0 Å². The lowest BCUT2D eigenvalue weighted by Gasteiger charge is -2.15. The maximum absolute atomic E-state index is 5.70. The van der Waals surface area contributed by atoms with Gasteiger partial charge in [-0.05, 0) is 32.2 Å². The molecule has 0 aromatic carbocycles. The molecule has 88 valence electrons. The molecule has 0 amide bonds. The van der Waals surface area contributed by atoms with E-state index in [-0.39, 0.29) is 0 Å². The van der Waals surface area contributed by atoms with Crippen LogP contribution in [-0.2, 0) is 6.54 Å². The van der Waals surface area contributed by atoms with E-state index in [0.717, 1.165) is 36.4 Å². The van der Waals surface area contributed by atoms with Crippen LogP contribution in [0.2, 0.25) is 0 Å². The van der Waals surface area contributed by atoms with Crippen LogP contribution in [0.1, 0.15) is 24.9 Å². The molecule has 4 heteroatoms. The summed E-state index contributed by atoms with van der Waals surface area (Å²) in [4.78, 5) is 10.9. The van der Waals surface area contributed by atoms with Gasteiger partial charge in [-0.15, -0.1) is 0 Å². The smallest absolute Gasteiger partial charge is 0.144 e. The van der Waals surface area contributed by atoms with Crippen molar-refractivity contribution < 1.29 is 0 Å². The van der Waals surface area contributed by atoms with Gasteiger partial charge in [0.15, 0.2) is 0 Å². The number of rotatable bonds is 4. The zero-order chi connectivity index (χ0) is 11.7. The Hall–Kier alpha value is -1.16. The monoisotopic (exact) mass is 220 g/mol. The first-order chi connectivity index (χ1) is 7.54. The third kappa shape index (κ3) is 2.92. The standard InChI is InChI=1S/C12H20N4/c1-8-4-10(8)6-16(3)7-12-14-9(2)5-11(13)15-12/h5,8,10H,4,6-7H2,1-3H3,(H2,13,14,15). The average Bonchev–Trinajstić information content (AvgIpc) is 2.78. The highest BCUT2D eigenvalue weighted by Gasteiger charge is 2.33. The molecule has 2 N–H and O–H groups in total. The van der Waals surface area contributed by atoms with Gasteiger partial charge in [-0.2, -0.15) is 0 Å². The van der Waals surface area contributed by atoms with Crippen LogP contribution in [0.5, 0.6) is 0 Å². The molecule has 2 rings (SSSR count). The molecule has 2 atom stereocenters.